The summed E-state index contributed by atoms with van der Waals surface area (Å²) in [4.78, 5) is 17.9. The molecule has 0 aliphatic rings. The molecule has 0 unspecified atom stereocenters. The van der Waals surface area contributed by atoms with Crippen LogP contribution in [0, 0.1) is 0 Å². The van der Waals surface area contributed by atoms with Crippen LogP contribution in [0.4, 0.5) is 0 Å². The molecule has 2 aromatic carbocycles. The predicted octanol–water partition coefficient (Wildman–Crippen LogP) is 3.36. The van der Waals surface area contributed by atoms with Crippen LogP contribution >= 0.6 is 24.0 Å². The first kappa shape index (κ1) is 25.7. The maximum atomic E-state index is 12.1. The quantitative estimate of drug-likeness (QED) is 0.229. The van der Waals surface area contributed by atoms with Gasteiger partial charge in [-0.1, -0.05) is 24.3 Å². The zero-order valence-corrected chi connectivity index (χ0v) is 20.6. The van der Waals surface area contributed by atoms with Crippen LogP contribution in [-0.2, 0) is 12.8 Å². The number of carbonyl (C=O) groups excluding carboxylic acids is 1. The molecule has 0 saturated carbocycles. The maximum absolute atomic E-state index is 12.1. The highest BCUT2D eigenvalue weighted by Crippen LogP contribution is 2.13. The second-order valence-corrected chi connectivity index (χ2v) is 7.03. The topological polar surface area (TPSA) is 66.0 Å². The number of nitrogens with one attached hydrogen (secondary N) is 2. The minimum atomic E-state index is 0. The number of carbonyl (C=O) groups is 1. The van der Waals surface area contributed by atoms with Crippen molar-refractivity contribution in [1.82, 2.24) is 15.5 Å². The standard InChI is InChI=1S/C23H32N4O2.HI/c1-24-23(25-14-7-10-18-9-6-12-21(17-18)29-4)26-15-13-19-8-5-11-20(16-19)22(28)27(2)3;/h5-6,8-9,11-12,16-17H,7,10,13-15H2,1-4H3,(H2,24,25,26);1H. The Morgan fingerprint density at radius 2 is 1.67 bits per heavy atom. The summed E-state index contributed by atoms with van der Waals surface area (Å²) in [6.45, 7) is 1.58. The summed E-state index contributed by atoms with van der Waals surface area (Å²) in [6.07, 6.45) is 2.80. The molecule has 30 heavy (non-hydrogen) atoms. The molecule has 0 aromatic heterocycles. The Kier molecular flexibility index (Phi) is 11.9. The first-order valence-corrected chi connectivity index (χ1v) is 9.91. The van der Waals surface area contributed by atoms with Crippen LogP contribution in [0.5, 0.6) is 5.75 Å². The summed E-state index contributed by atoms with van der Waals surface area (Å²) in [5.74, 6) is 1.70. The fourth-order valence-corrected chi connectivity index (χ4v) is 2.99. The molecular formula is C23H33IN4O2. The lowest BCUT2D eigenvalue weighted by atomic mass is 10.1. The van der Waals surface area contributed by atoms with E-state index >= 15 is 0 Å². The number of benzene rings is 2. The van der Waals surface area contributed by atoms with Crippen LogP contribution in [0.15, 0.2) is 53.5 Å². The predicted molar refractivity (Wildman–Crippen MR) is 134 cm³/mol. The smallest absolute Gasteiger partial charge is 0.253 e. The first-order valence-electron chi connectivity index (χ1n) is 9.91. The highest BCUT2D eigenvalue weighted by atomic mass is 127. The lowest BCUT2D eigenvalue weighted by Gasteiger charge is -2.13. The number of halogens is 1. The van der Waals surface area contributed by atoms with Gasteiger partial charge in [-0.05, 0) is 54.7 Å². The summed E-state index contributed by atoms with van der Waals surface area (Å²) in [7, 11) is 6.99. The van der Waals surface area contributed by atoms with E-state index in [4.69, 9.17) is 4.74 Å². The summed E-state index contributed by atoms with van der Waals surface area (Å²) in [5.41, 5.74) is 3.10. The average Bonchev–Trinajstić information content (AvgIpc) is 2.75. The lowest BCUT2D eigenvalue weighted by Crippen LogP contribution is -2.38. The zero-order valence-electron chi connectivity index (χ0n) is 18.3. The number of aryl methyl sites for hydroxylation is 1. The highest BCUT2D eigenvalue weighted by Gasteiger charge is 2.08. The third-order valence-electron chi connectivity index (χ3n) is 4.58. The van der Waals surface area contributed by atoms with Crippen LogP contribution < -0.4 is 15.4 Å². The molecule has 7 heteroatoms. The van der Waals surface area contributed by atoms with Gasteiger partial charge in [0.25, 0.3) is 5.91 Å². The van der Waals surface area contributed by atoms with E-state index in [0.29, 0.717) is 5.56 Å². The molecule has 0 spiro atoms. The summed E-state index contributed by atoms with van der Waals surface area (Å²) >= 11 is 0. The van der Waals surface area contributed by atoms with Gasteiger partial charge in [-0.3, -0.25) is 9.79 Å². The molecule has 0 heterocycles. The van der Waals surface area contributed by atoms with Gasteiger partial charge in [0.2, 0.25) is 0 Å². The Hall–Kier alpha value is -2.29. The molecule has 0 atom stereocenters. The first-order chi connectivity index (χ1) is 14.0. The number of hydrogen-bond donors (Lipinski definition) is 2. The van der Waals surface area contributed by atoms with E-state index in [1.54, 1.807) is 33.2 Å². The Labute approximate surface area is 197 Å². The van der Waals surface area contributed by atoms with Gasteiger partial charge in [-0.25, -0.2) is 0 Å². The van der Waals surface area contributed by atoms with Crippen molar-refractivity contribution in [1.29, 1.82) is 0 Å². The van der Waals surface area contributed by atoms with Crippen LogP contribution in [0.25, 0.3) is 0 Å². The maximum Gasteiger partial charge on any atom is 0.253 e. The van der Waals surface area contributed by atoms with Gasteiger partial charge in [-0.2, -0.15) is 0 Å². The van der Waals surface area contributed by atoms with Crippen LogP contribution in [-0.4, -0.2) is 58.1 Å². The summed E-state index contributed by atoms with van der Waals surface area (Å²) < 4.78 is 5.26. The molecular weight excluding hydrogens is 491 g/mol. The van der Waals surface area contributed by atoms with Crippen LogP contribution in [0.2, 0.25) is 0 Å². The van der Waals surface area contributed by atoms with Gasteiger partial charge in [0.1, 0.15) is 5.75 Å². The molecule has 0 bridgehead atoms. The molecule has 2 rings (SSSR count). The third kappa shape index (κ3) is 8.61. The number of guanidine groups is 1. The molecule has 1 amide bonds. The number of rotatable bonds is 9. The van der Waals surface area contributed by atoms with Crippen molar-refractivity contribution in [3.05, 3.63) is 65.2 Å². The van der Waals surface area contributed by atoms with Gasteiger partial charge in [0, 0.05) is 39.8 Å². The minimum Gasteiger partial charge on any atom is -0.497 e. The van der Waals surface area contributed by atoms with Crippen molar-refractivity contribution < 1.29 is 9.53 Å². The van der Waals surface area contributed by atoms with Gasteiger partial charge in [0.05, 0.1) is 7.11 Å². The second kappa shape index (κ2) is 13.8. The van der Waals surface area contributed by atoms with Gasteiger partial charge < -0.3 is 20.3 Å². The summed E-state index contributed by atoms with van der Waals surface area (Å²) in [5, 5.41) is 6.68. The van der Waals surface area contributed by atoms with E-state index in [1.165, 1.54) is 5.56 Å². The van der Waals surface area contributed by atoms with Crippen molar-refractivity contribution in [2.45, 2.75) is 19.3 Å². The molecule has 0 fully saturated rings. The minimum absolute atomic E-state index is 0. The van der Waals surface area contributed by atoms with Crippen molar-refractivity contribution in [2.24, 2.45) is 4.99 Å². The molecule has 0 radical (unpaired) electrons. The normalized spacial score (nSPS) is 10.7. The van der Waals surface area contributed by atoms with Crippen LogP contribution in [0.1, 0.15) is 27.9 Å². The second-order valence-electron chi connectivity index (χ2n) is 7.03. The fraction of sp³-hybridized carbons (Fsp3) is 0.391. The Bertz CT molecular complexity index is 824. The largest absolute Gasteiger partial charge is 0.497 e. The lowest BCUT2D eigenvalue weighted by molar-refractivity contribution is 0.0827. The molecule has 0 saturated heterocycles. The Balaban J connectivity index is 0.00000450. The molecule has 6 nitrogen and oxygen atoms in total. The highest BCUT2D eigenvalue weighted by molar-refractivity contribution is 14.0. The fourth-order valence-electron chi connectivity index (χ4n) is 2.99. The third-order valence-corrected chi connectivity index (χ3v) is 4.58. The van der Waals surface area contributed by atoms with E-state index in [-0.39, 0.29) is 29.9 Å². The number of methoxy groups -OCH3 is 1. The van der Waals surface area contributed by atoms with Crippen molar-refractivity contribution in [3.63, 3.8) is 0 Å². The van der Waals surface area contributed by atoms with E-state index in [0.717, 1.165) is 49.6 Å². The average molecular weight is 524 g/mol. The number of hydrogen-bond acceptors (Lipinski definition) is 3. The molecule has 2 aromatic rings. The zero-order chi connectivity index (χ0) is 21.1. The van der Waals surface area contributed by atoms with Crippen molar-refractivity contribution >= 4 is 35.8 Å². The van der Waals surface area contributed by atoms with E-state index in [9.17, 15) is 4.79 Å². The van der Waals surface area contributed by atoms with E-state index in [2.05, 4.69) is 27.8 Å². The Morgan fingerprint density at radius 3 is 2.33 bits per heavy atom. The van der Waals surface area contributed by atoms with Gasteiger partial charge >= 0.3 is 0 Å². The number of ether oxygens (including phenoxy) is 1. The summed E-state index contributed by atoms with van der Waals surface area (Å²) in [6, 6.07) is 15.9. The van der Waals surface area contributed by atoms with Crippen LogP contribution in [0.3, 0.4) is 0 Å². The monoisotopic (exact) mass is 524 g/mol. The van der Waals surface area contributed by atoms with E-state index < -0.39 is 0 Å². The number of amides is 1. The molecule has 2 N–H and O–H groups in total. The number of nitrogens with zero attached hydrogens (tertiary/aromatic N) is 2. The Morgan fingerprint density at radius 1 is 1.00 bits per heavy atom. The van der Waals surface area contributed by atoms with Crippen molar-refractivity contribution in [2.75, 3.05) is 41.3 Å². The van der Waals surface area contributed by atoms with Crippen molar-refractivity contribution in [3.8, 4) is 5.75 Å². The van der Waals surface area contributed by atoms with Gasteiger partial charge in [0.15, 0.2) is 5.96 Å². The number of aliphatic imine (C=N–C) groups is 1. The molecule has 0 aliphatic heterocycles. The molecule has 164 valence electrons. The molecule has 0 aliphatic carbocycles. The van der Waals surface area contributed by atoms with E-state index in [1.807, 2.05) is 36.4 Å². The van der Waals surface area contributed by atoms with Gasteiger partial charge in [-0.15, -0.1) is 24.0 Å². The SMILES string of the molecule is CN=C(NCCCc1cccc(OC)c1)NCCc1cccc(C(=O)N(C)C)c1.I.